The molecular formula is C12H13N5O4. The van der Waals surface area contributed by atoms with Crippen LogP contribution < -0.4 is 5.32 Å². The number of benzene rings is 1. The Labute approximate surface area is 119 Å². The number of carboxylic acids is 1. The molecule has 0 bridgehead atoms. The molecule has 2 rings (SSSR count). The SMILES string of the molecule is Cc1ccc([N+](=O)[O-])c(NCCn2cc(C(=O)O)nn2)c1. The van der Waals surface area contributed by atoms with Gasteiger partial charge in [-0.05, 0) is 18.6 Å². The molecule has 9 nitrogen and oxygen atoms in total. The molecule has 110 valence electrons. The van der Waals surface area contributed by atoms with Crippen molar-refractivity contribution in [1.82, 2.24) is 15.0 Å². The van der Waals surface area contributed by atoms with E-state index in [-0.39, 0.29) is 11.4 Å². The zero-order chi connectivity index (χ0) is 15.4. The molecule has 2 aromatic rings. The molecule has 1 aromatic heterocycles. The molecule has 0 atom stereocenters. The van der Waals surface area contributed by atoms with Crippen molar-refractivity contribution in [3.8, 4) is 0 Å². The van der Waals surface area contributed by atoms with Crippen LogP contribution in [0.3, 0.4) is 0 Å². The van der Waals surface area contributed by atoms with Gasteiger partial charge in [0.1, 0.15) is 5.69 Å². The number of anilines is 1. The van der Waals surface area contributed by atoms with E-state index < -0.39 is 10.9 Å². The maximum absolute atomic E-state index is 10.9. The van der Waals surface area contributed by atoms with Crippen molar-refractivity contribution in [3.05, 3.63) is 45.8 Å². The molecule has 0 saturated heterocycles. The van der Waals surface area contributed by atoms with E-state index in [0.29, 0.717) is 18.8 Å². The summed E-state index contributed by atoms with van der Waals surface area (Å²) in [5.74, 6) is -1.15. The molecule has 0 saturated carbocycles. The summed E-state index contributed by atoms with van der Waals surface area (Å²) in [5.41, 5.74) is 1.16. The zero-order valence-corrected chi connectivity index (χ0v) is 11.2. The molecule has 0 aliphatic heterocycles. The number of aryl methyl sites for hydroxylation is 1. The van der Waals surface area contributed by atoms with Gasteiger partial charge in [-0.1, -0.05) is 11.3 Å². The number of nitrogens with zero attached hydrogens (tertiary/aromatic N) is 4. The summed E-state index contributed by atoms with van der Waals surface area (Å²) in [4.78, 5) is 21.1. The fraction of sp³-hybridized carbons (Fsp3) is 0.250. The highest BCUT2D eigenvalue weighted by atomic mass is 16.6. The van der Waals surface area contributed by atoms with Crippen LogP contribution in [0.4, 0.5) is 11.4 Å². The molecule has 1 aromatic carbocycles. The third-order valence-corrected chi connectivity index (χ3v) is 2.76. The fourth-order valence-corrected chi connectivity index (χ4v) is 1.76. The summed E-state index contributed by atoms with van der Waals surface area (Å²) in [7, 11) is 0. The summed E-state index contributed by atoms with van der Waals surface area (Å²) < 4.78 is 1.36. The molecule has 0 amide bonds. The van der Waals surface area contributed by atoms with Gasteiger partial charge >= 0.3 is 5.97 Å². The Morgan fingerprint density at radius 1 is 1.52 bits per heavy atom. The number of carbonyl (C=O) groups is 1. The largest absolute Gasteiger partial charge is 0.476 e. The number of hydrogen-bond acceptors (Lipinski definition) is 6. The molecule has 9 heteroatoms. The second-order valence-corrected chi connectivity index (χ2v) is 4.38. The lowest BCUT2D eigenvalue weighted by atomic mass is 10.2. The van der Waals surface area contributed by atoms with Crippen molar-refractivity contribution >= 4 is 17.3 Å². The monoisotopic (exact) mass is 291 g/mol. The molecule has 0 unspecified atom stereocenters. The zero-order valence-electron chi connectivity index (χ0n) is 11.2. The van der Waals surface area contributed by atoms with Crippen LogP contribution in [-0.2, 0) is 6.54 Å². The summed E-state index contributed by atoms with van der Waals surface area (Å²) in [5, 5.41) is 29.7. The Balaban J connectivity index is 2.01. The van der Waals surface area contributed by atoms with Crippen molar-refractivity contribution in [2.24, 2.45) is 0 Å². The predicted octanol–water partition coefficient (Wildman–Crippen LogP) is 1.31. The number of hydrogen-bond donors (Lipinski definition) is 2. The van der Waals surface area contributed by atoms with Crippen LogP contribution in [-0.4, -0.2) is 37.5 Å². The Hall–Kier alpha value is -2.97. The minimum Gasteiger partial charge on any atom is -0.476 e. The lowest BCUT2D eigenvalue weighted by Crippen LogP contribution is -2.12. The van der Waals surface area contributed by atoms with Gasteiger partial charge in [-0.2, -0.15) is 0 Å². The molecule has 0 fully saturated rings. The van der Waals surface area contributed by atoms with Gasteiger partial charge in [0.15, 0.2) is 5.69 Å². The first-order chi connectivity index (χ1) is 9.97. The number of nitro benzene ring substituents is 1. The van der Waals surface area contributed by atoms with Crippen molar-refractivity contribution < 1.29 is 14.8 Å². The topological polar surface area (TPSA) is 123 Å². The number of rotatable bonds is 6. The molecular weight excluding hydrogens is 278 g/mol. The average Bonchev–Trinajstić information content (AvgIpc) is 2.87. The number of carboxylic acid groups (broad SMARTS) is 1. The highest BCUT2D eigenvalue weighted by Gasteiger charge is 2.13. The van der Waals surface area contributed by atoms with E-state index in [2.05, 4.69) is 15.6 Å². The molecule has 0 aliphatic carbocycles. The highest BCUT2D eigenvalue weighted by molar-refractivity contribution is 5.84. The van der Waals surface area contributed by atoms with Gasteiger partial charge < -0.3 is 10.4 Å². The van der Waals surface area contributed by atoms with Gasteiger partial charge in [-0.25, -0.2) is 9.48 Å². The fourth-order valence-electron chi connectivity index (χ4n) is 1.76. The van der Waals surface area contributed by atoms with Gasteiger partial charge in [0.2, 0.25) is 0 Å². The van der Waals surface area contributed by atoms with Gasteiger partial charge in [0.05, 0.1) is 17.7 Å². The highest BCUT2D eigenvalue weighted by Crippen LogP contribution is 2.24. The van der Waals surface area contributed by atoms with Gasteiger partial charge in [-0.3, -0.25) is 10.1 Å². The van der Waals surface area contributed by atoms with Gasteiger partial charge in [0.25, 0.3) is 5.69 Å². The Morgan fingerprint density at radius 2 is 2.29 bits per heavy atom. The van der Waals surface area contributed by atoms with Crippen LogP contribution in [0.1, 0.15) is 16.1 Å². The average molecular weight is 291 g/mol. The molecule has 0 radical (unpaired) electrons. The van der Waals surface area contributed by atoms with Crippen molar-refractivity contribution in [2.45, 2.75) is 13.5 Å². The van der Waals surface area contributed by atoms with Crippen molar-refractivity contribution in [1.29, 1.82) is 0 Å². The first kappa shape index (κ1) is 14.4. The minimum atomic E-state index is -1.15. The molecule has 0 spiro atoms. The molecule has 21 heavy (non-hydrogen) atoms. The maximum Gasteiger partial charge on any atom is 0.358 e. The van der Waals surface area contributed by atoms with E-state index in [9.17, 15) is 14.9 Å². The molecule has 1 heterocycles. The normalized spacial score (nSPS) is 10.3. The summed E-state index contributed by atoms with van der Waals surface area (Å²) in [6.07, 6.45) is 1.30. The van der Waals surface area contributed by atoms with E-state index in [4.69, 9.17) is 5.11 Å². The third-order valence-electron chi connectivity index (χ3n) is 2.76. The Bertz CT molecular complexity index is 682. The van der Waals surface area contributed by atoms with Crippen LogP contribution >= 0.6 is 0 Å². The third kappa shape index (κ3) is 3.53. The predicted molar refractivity (Wildman–Crippen MR) is 73.3 cm³/mol. The molecule has 2 N–H and O–H groups in total. The number of aromatic nitrogens is 3. The second-order valence-electron chi connectivity index (χ2n) is 4.38. The first-order valence-electron chi connectivity index (χ1n) is 6.09. The number of nitro groups is 1. The van der Waals surface area contributed by atoms with Crippen molar-refractivity contribution in [2.75, 3.05) is 11.9 Å². The van der Waals surface area contributed by atoms with Crippen LogP contribution in [0.2, 0.25) is 0 Å². The second kappa shape index (κ2) is 5.99. The summed E-state index contributed by atoms with van der Waals surface area (Å²) in [6, 6.07) is 4.79. The van der Waals surface area contributed by atoms with E-state index in [1.165, 1.54) is 16.9 Å². The van der Waals surface area contributed by atoms with E-state index in [0.717, 1.165) is 5.56 Å². The van der Waals surface area contributed by atoms with Gasteiger partial charge in [-0.15, -0.1) is 5.10 Å². The molecule has 0 aliphatic rings. The lowest BCUT2D eigenvalue weighted by molar-refractivity contribution is -0.384. The summed E-state index contributed by atoms with van der Waals surface area (Å²) in [6.45, 7) is 2.53. The van der Waals surface area contributed by atoms with Crippen LogP contribution in [0.5, 0.6) is 0 Å². The Kier molecular flexibility index (Phi) is 4.12. The first-order valence-corrected chi connectivity index (χ1v) is 6.09. The number of nitrogens with one attached hydrogen (secondary N) is 1. The quantitative estimate of drug-likeness (QED) is 0.607. The van der Waals surface area contributed by atoms with E-state index in [1.807, 2.05) is 6.92 Å². The summed E-state index contributed by atoms with van der Waals surface area (Å²) >= 11 is 0. The maximum atomic E-state index is 10.9. The van der Waals surface area contributed by atoms with Crippen LogP contribution in [0, 0.1) is 17.0 Å². The van der Waals surface area contributed by atoms with Crippen molar-refractivity contribution in [3.63, 3.8) is 0 Å². The number of aromatic carboxylic acids is 1. The Morgan fingerprint density at radius 3 is 2.90 bits per heavy atom. The van der Waals surface area contributed by atoms with E-state index in [1.54, 1.807) is 12.1 Å². The van der Waals surface area contributed by atoms with Crippen LogP contribution in [0.25, 0.3) is 0 Å². The minimum absolute atomic E-state index is 0.00887. The smallest absolute Gasteiger partial charge is 0.358 e. The standard InChI is InChI=1S/C12H13N5O4/c1-8-2-3-11(17(20)21)9(6-8)13-4-5-16-7-10(12(18)19)14-15-16/h2-3,6-7,13H,4-5H2,1H3,(H,18,19). The van der Waals surface area contributed by atoms with Crippen LogP contribution in [0.15, 0.2) is 24.4 Å². The van der Waals surface area contributed by atoms with E-state index >= 15 is 0 Å². The van der Waals surface area contributed by atoms with Gasteiger partial charge in [0, 0.05) is 12.6 Å². The lowest BCUT2D eigenvalue weighted by Gasteiger charge is -2.07.